The van der Waals surface area contributed by atoms with Gasteiger partial charge < -0.3 is 9.80 Å². The van der Waals surface area contributed by atoms with Crippen molar-refractivity contribution in [1.82, 2.24) is 19.4 Å². The van der Waals surface area contributed by atoms with E-state index in [2.05, 4.69) is 48.1 Å². The summed E-state index contributed by atoms with van der Waals surface area (Å²) in [7, 11) is 0. The number of aryl methyl sites for hydroxylation is 1. The highest BCUT2D eigenvalue weighted by molar-refractivity contribution is 5.95. The van der Waals surface area contributed by atoms with E-state index < -0.39 is 0 Å². The van der Waals surface area contributed by atoms with Gasteiger partial charge in [0.2, 0.25) is 0 Å². The minimum atomic E-state index is 0.184. The molecule has 0 N–H and O–H groups in total. The van der Waals surface area contributed by atoms with Crippen LogP contribution in [0, 0.1) is 11.8 Å². The summed E-state index contributed by atoms with van der Waals surface area (Å²) in [4.78, 5) is 18.5. The van der Waals surface area contributed by atoms with Gasteiger partial charge >= 0.3 is 0 Å². The molecule has 0 atom stereocenters. The summed E-state index contributed by atoms with van der Waals surface area (Å²) in [6.45, 7) is 14.3. The van der Waals surface area contributed by atoms with Crippen molar-refractivity contribution in [3.63, 3.8) is 0 Å². The highest BCUT2D eigenvalue weighted by Gasteiger charge is 2.25. The Morgan fingerprint density at radius 3 is 2.27 bits per heavy atom. The van der Waals surface area contributed by atoms with Gasteiger partial charge in [0, 0.05) is 36.3 Å². The fourth-order valence-corrected chi connectivity index (χ4v) is 6.19. The Morgan fingerprint density at radius 2 is 1.62 bits per heavy atom. The van der Waals surface area contributed by atoms with Crippen molar-refractivity contribution in [1.29, 1.82) is 0 Å². The maximum Gasteiger partial charge on any atom is 0.253 e. The number of fused-ring (bicyclic) bond motifs is 1. The average Bonchev–Trinajstić information content (AvgIpc) is 3.27. The van der Waals surface area contributed by atoms with E-state index in [1.165, 1.54) is 88.7 Å². The topological polar surface area (TPSA) is 40.9 Å². The number of hydrogen-bond acceptors (Lipinski definition) is 3. The molecule has 2 aliphatic rings. The van der Waals surface area contributed by atoms with Crippen LogP contribution in [-0.2, 0) is 6.42 Å². The van der Waals surface area contributed by atoms with Gasteiger partial charge in [-0.1, -0.05) is 53.4 Å². The highest BCUT2D eigenvalue weighted by Crippen LogP contribution is 2.36. The van der Waals surface area contributed by atoms with Gasteiger partial charge in [0.1, 0.15) is 0 Å². The number of rotatable bonds is 12. The fourth-order valence-electron chi connectivity index (χ4n) is 6.19. The smallest absolute Gasteiger partial charge is 0.253 e. The number of likely N-dealkylation sites (tertiary alicyclic amines) is 1. The van der Waals surface area contributed by atoms with E-state index in [4.69, 9.17) is 5.10 Å². The Labute approximate surface area is 226 Å². The first kappa shape index (κ1) is 28.1. The number of carbonyl (C=O) groups excluding carboxylic acids is 1. The predicted molar refractivity (Wildman–Crippen MR) is 154 cm³/mol. The number of nitrogens with zero attached hydrogens (tertiary/aromatic N) is 4. The van der Waals surface area contributed by atoms with E-state index in [-0.39, 0.29) is 5.91 Å². The van der Waals surface area contributed by atoms with Crippen LogP contribution in [0.5, 0.6) is 0 Å². The lowest BCUT2D eigenvalue weighted by atomic mass is 9.84. The molecule has 1 amide bonds. The Hall–Kier alpha value is -1.88. The van der Waals surface area contributed by atoms with Crippen LogP contribution in [0.2, 0.25) is 0 Å². The van der Waals surface area contributed by atoms with Crippen molar-refractivity contribution < 1.29 is 4.79 Å². The molecule has 0 aromatic carbocycles. The van der Waals surface area contributed by atoms with Crippen LogP contribution in [0.25, 0.3) is 5.52 Å². The summed E-state index contributed by atoms with van der Waals surface area (Å²) in [5, 5.41) is 5.14. The quantitative estimate of drug-likeness (QED) is 0.301. The third kappa shape index (κ3) is 7.81. The second-order valence-corrected chi connectivity index (χ2v) is 12.6. The average molecular weight is 509 g/mol. The van der Waals surface area contributed by atoms with Gasteiger partial charge in [-0.05, 0) is 95.0 Å². The highest BCUT2D eigenvalue weighted by atomic mass is 16.2. The number of aromatic nitrogens is 2. The van der Waals surface area contributed by atoms with E-state index in [1.807, 2.05) is 12.3 Å². The molecule has 5 heteroatoms. The van der Waals surface area contributed by atoms with E-state index in [1.54, 1.807) is 0 Å². The molecule has 1 aliphatic heterocycles. The van der Waals surface area contributed by atoms with Crippen LogP contribution in [0.4, 0.5) is 0 Å². The van der Waals surface area contributed by atoms with Crippen molar-refractivity contribution >= 4 is 11.4 Å². The number of carbonyl (C=O) groups is 1. The van der Waals surface area contributed by atoms with Gasteiger partial charge in [0.15, 0.2) is 0 Å². The molecule has 0 radical (unpaired) electrons. The molecule has 1 aliphatic carbocycles. The zero-order valence-electron chi connectivity index (χ0n) is 24.2. The van der Waals surface area contributed by atoms with Crippen LogP contribution in [0.15, 0.2) is 18.3 Å². The summed E-state index contributed by atoms with van der Waals surface area (Å²) in [6, 6.07) is 4.16. The number of amides is 1. The van der Waals surface area contributed by atoms with E-state index in [0.29, 0.717) is 17.8 Å². The summed E-state index contributed by atoms with van der Waals surface area (Å²) in [6.07, 6.45) is 17.0. The first-order valence-corrected chi connectivity index (χ1v) is 15.4. The molecule has 0 bridgehead atoms. The van der Waals surface area contributed by atoms with Crippen molar-refractivity contribution in [3.05, 3.63) is 35.2 Å². The zero-order chi connectivity index (χ0) is 26.2. The van der Waals surface area contributed by atoms with E-state index in [9.17, 15) is 4.79 Å². The summed E-state index contributed by atoms with van der Waals surface area (Å²) >= 11 is 0. The zero-order valence-corrected chi connectivity index (χ0v) is 24.2. The Balaban J connectivity index is 1.58. The molecule has 1 saturated heterocycles. The molecule has 2 fully saturated rings. The SMILES string of the molecule is CC(C)CCN(CCC(C)C)C(=O)c1ccn2nc(C3CCCCC3)c(CCCN3CCCCC3)c2c1. The van der Waals surface area contributed by atoms with Crippen molar-refractivity contribution in [2.75, 3.05) is 32.7 Å². The molecule has 206 valence electrons. The van der Waals surface area contributed by atoms with Gasteiger partial charge in [-0.25, -0.2) is 4.52 Å². The van der Waals surface area contributed by atoms with Crippen LogP contribution >= 0.6 is 0 Å². The number of pyridine rings is 1. The molecule has 5 nitrogen and oxygen atoms in total. The van der Waals surface area contributed by atoms with Gasteiger partial charge in [0.05, 0.1) is 11.2 Å². The largest absolute Gasteiger partial charge is 0.339 e. The fraction of sp³-hybridized carbons (Fsp3) is 0.750. The number of piperidine rings is 1. The molecular formula is C32H52N4O. The first-order valence-electron chi connectivity index (χ1n) is 15.4. The summed E-state index contributed by atoms with van der Waals surface area (Å²) < 4.78 is 2.07. The first-order chi connectivity index (χ1) is 17.9. The normalized spacial score (nSPS) is 17.8. The van der Waals surface area contributed by atoms with Crippen molar-refractivity contribution in [2.24, 2.45) is 11.8 Å². The lowest BCUT2D eigenvalue weighted by Gasteiger charge is -2.26. The van der Waals surface area contributed by atoms with Gasteiger partial charge in [-0.2, -0.15) is 5.10 Å². The predicted octanol–water partition coefficient (Wildman–Crippen LogP) is 7.33. The third-order valence-corrected chi connectivity index (χ3v) is 8.60. The summed E-state index contributed by atoms with van der Waals surface area (Å²) in [5.41, 5.74) is 4.72. The van der Waals surface area contributed by atoms with Gasteiger partial charge in [-0.15, -0.1) is 0 Å². The lowest BCUT2D eigenvalue weighted by molar-refractivity contribution is 0.0741. The van der Waals surface area contributed by atoms with Crippen LogP contribution in [0.3, 0.4) is 0 Å². The van der Waals surface area contributed by atoms with Crippen LogP contribution in [-0.4, -0.2) is 58.0 Å². The molecule has 2 aromatic heterocycles. The maximum atomic E-state index is 13.7. The second kappa shape index (κ2) is 13.8. The standard InChI is InChI=1S/C32H52N4O/c1-25(2)15-21-35(22-16-26(3)4)32(37)28-17-23-36-30(24-28)29(14-11-20-34-18-9-6-10-19-34)31(33-36)27-12-7-5-8-13-27/h17,23-27H,5-16,18-22H2,1-4H3. The molecule has 37 heavy (non-hydrogen) atoms. The minimum absolute atomic E-state index is 0.184. The second-order valence-electron chi connectivity index (χ2n) is 12.6. The monoisotopic (exact) mass is 508 g/mol. The van der Waals surface area contributed by atoms with E-state index >= 15 is 0 Å². The third-order valence-electron chi connectivity index (χ3n) is 8.60. The van der Waals surface area contributed by atoms with Crippen LogP contribution < -0.4 is 0 Å². The minimum Gasteiger partial charge on any atom is -0.339 e. The maximum absolute atomic E-state index is 13.7. The molecule has 4 rings (SSSR count). The molecule has 3 heterocycles. The van der Waals surface area contributed by atoms with Gasteiger partial charge in [0.25, 0.3) is 5.91 Å². The lowest BCUT2D eigenvalue weighted by Crippen LogP contribution is -2.34. The molecule has 0 unspecified atom stereocenters. The van der Waals surface area contributed by atoms with Crippen molar-refractivity contribution in [3.8, 4) is 0 Å². The molecule has 2 aromatic rings. The van der Waals surface area contributed by atoms with Crippen molar-refractivity contribution in [2.45, 2.75) is 111 Å². The van der Waals surface area contributed by atoms with Crippen LogP contribution in [0.1, 0.15) is 126 Å². The molecule has 0 spiro atoms. The molecule has 1 saturated carbocycles. The Morgan fingerprint density at radius 1 is 0.973 bits per heavy atom. The number of hydrogen-bond donors (Lipinski definition) is 0. The van der Waals surface area contributed by atoms with Gasteiger partial charge in [-0.3, -0.25) is 4.79 Å². The Bertz CT molecular complexity index is 970. The summed E-state index contributed by atoms with van der Waals surface area (Å²) in [5.74, 6) is 1.95. The Kier molecular flexibility index (Phi) is 10.5. The van der Waals surface area contributed by atoms with E-state index in [0.717, 1.165) is 43.4 Å². The molecular weight excluding hydrogens is 456 g/mol.